The van der Waals surface area contributed by atoms with E-state index in [1.807, 2.05) is 0 Å². The minimum absolute atomic E-state index is 0.564. The summed E-state index contributed by atoms with van der Waals surface area (Å²) in [6.07, 6.45) is 4.87. The Bertz CT molecular complexity index is 484. The van der Waals surface area contributed by atoms with Gasteiger partial charge in [-0.3, -0.25) is 5.10 Å². The molecule has 3 heterocycles. The van der Waals surface area contributed by atoms with Gasteiger partial charge in [0.2, 0.25) is 0 Å². The molecule has 3 rings (SSSR count). The van der Waals surface area contributed by atoms with Crippen LogP contribution < -0.4 is 0 Å². The van der Waals surface area contributed by atoms with Crippen LogP contribution in [0.15, 0.2) is 18.6 Å². The van der Waals surface area contributed by atoms with E-state index in [9.17, 15) is 0 Å². The maximum absolute atomic E-state index is 3.90. The first-order chi connectivity index (χ1) is 7.45. The third-order valence-electron chi connectivity index (χ3n) is 1.84. The monoisotopic (exact) mass is 203 g/mol. The Balaban J connectivity index is 2.15. The van der Waals surface area contributed by atoms with E-state index in [-0.39, 0.29) is 0 Å². The topological polar surface area (TPSA) is 114 Å². The Labute approximate surface area is 82.5 Å². The lowest BCUT2D eigenvalue weighted by Crippen LogP contribution is -1.98. The highest BCUT2D eigenvalue weighted by Gasteiger charge is 2.13. The highest BCUT2D eigenvalue weighted by Crippen LogP contribution is 2.17. The number of H-pyrrole nitrogens is 2. The lowest BCUT2D eigenvalue weighted by atomic mass is 10.3. The van der Waals surface area contributed by atoms with Gasteiger partial charge in [0.05, 0.1) is 18.6 Å². The Morgan fingerprint density at radius 1 is 1.20 bits per heavy atom. The molecule has 0 aliphatic rings. The summed E-state index contributed by atoms with van der Waals surface area (Å²) in [5.74, 6) is 0.599. The van der Waals surface area contributed by atoms with Crippen molar-refractivity contribution in [2.24, 2.45) is 0 Å². The number of rotatable bonds is 2. The molecule has 0 amide bonds. The zero-order valence-electron chi connectivity index (χ0n) is 7.36. The summed E-state index contributed by atoms with van der Waals surface area (Å²) in [5, 5.41) is 27.9. The molecule has 0 atom stereocenters. The first kappa shape index (κ1) is 7.79. The van der Waals surface area contributed by atoms with Crippen molar-refractivity contribution in [3.05, 3.63) is 18.6 Å². The number of hydrogen-bond acceptors (Lipinski definition) is 6. The number of nitrogens with one attached hydrogen (secondary N) is 2. The van der Waals surface area contributed by atoms with Crippen LogP contribution in [0.3, 0.4) is 0 Å². The van der Waals surface area contributed by atoms with Gasteiger partial charge < -0.3 is 0 Å². The normalized spacial score (nSPS) is 10.7. The standard InChI is InChI=1S/C6H5N9/c1-2-15(14-7-1)6-5(10-13-11-6)4-3-8-12-9-4/h1-3H,(H,8,9,12)(H,10,11,13). The van der Waals surface area contributed by atoms with Crippen molar-refractivity contribution >= 4 is 0 Å². The number of aromatic nitrogens is 9. The maximum atomic E-state index is 3.90. The van der Waals surface area contributed by atoms with Gasteiger partial charge in [0.25, 0.3) is 0 Å². The summed E-state index contributed by atoms with van der Waals surface area (Å²) in [6, 6.07) is 0. The van der Waals surface area contributed by atoms with Gasteiger partial charge in [0.15, 0.2) is 11.5 Å². The largest absolute Gasteiger partial charge is 0.265 e. The van der Waals surface area contributed by atoms with Crippen LogP contribution in [-0.4, -0.2) is 45.8 Å². The van der Waals surface area contributed by atoms with Crippen molar-refractivity contribution in [2.75, 3.05) is 0 Å². The molecule has 9 nitrogen and oxygen atoms in total. The molecule has 0 bridgehead atoms. The predicted octanol–water partition coefficient (Wildman–Crippen LogP) is -0.830. The van der Waals surface area contributed by atoms with Crippen molar-refractivity contribution in [2.45, 2.75) is 0 Å². The van der Waals surface area contributed by atoms with Gasteiger partial charge >= 0.3 is 0 Å². The van der Waals surface area contributed by atoms with E-state index in [2.05, 4.69) is 41.1 Å². The second-order valence-corrected chi connectivity index (χ2v) is 2.72. The predicted molar refractivity (Wildman–Crippen MR) is 46.7 cm³/mol. The molecule has 0 aliphatic heterocycles. The SMILES string of the molecule is c1cn(-c2[nH]nnc2-c2c[nH]nn2)nn1. The molecule has 3 aromatic rings. The molecule has 0 aliphatic carbocycles. The molecule has 2 N–H and O–H groups in total. The summed E-state index contributed by atoms with van der Waals surface area (Å²) in [4.78, 5) is 0. The molecule has 0 saturated heterocycles. The van der Waals surface area contributed by atoms with Crippen LogP contribution in [0, 0.1) is 0 Å². The van der Waals surface area contributed by atoms with Crippen LogP contribution in [0.2, 0.25) is 0 Å². The van der Waals surface area contributed by atoms with Crippen LogP contribution in [0.4, 0.5) is 0 Å². The number of hydrogen-bond donors (Lipinski definition) is 2. The Kier molecular flexibility index (Phi) is 1.54. The van der Waals surface area contributed by atoms with Gasteiger partial charge in [-0.1, -0.05) is 15.6 Å². The van der Waals surface area contributed by atoms with E-state index < -0.39 is 0 Å². The zero-order valence-corrected chi connectivity index (χ0v) is 7.36. The summed E-state index contributed by atoms with van der Waals surface area (Å²) >= 11 is 0. The molecular weight excluding hydrogens is 198 g/mol. The molecule has 0 spiro atoms. The fourth-order valence-corrected chi connectivity index (χ4v) is 1.20. The highest BCUT2D eigenvalue weighted by molar-refractivity contribution is 5.60. The molecule has 0 aromatic carbocycles. The van der Waals surface area contributed by atoms with Crippen LogP contribution in [0.1, 0.15) is 0 Å². The Morgan fingerprint density at radius 3 is 2.93 bits per heavy atom. The molecule has 0 fully saturated rings. The van der Waals surface area contributed by atoms with Gasteiger partial charge in [-0.2, -0.15) is 0 Å². The molecule has 0 unspecified atom stereocenters. The lowest BCUT2D eigenvalue weighted by molar-refractivity contribution is 0.774. The van der Waals surface area contributed by atoms with Gasteiger partial charge in [-0.15, -0.1) is 15.3 Å². The minimum Gasteiger partial charge on any atom is -0.265 e. The van der Waals surface area contributed by atoms with Crippen LogP contribution in [0.5, 0.6) is 0 Å². The van der Waals surface area contributed by atoms with E-state index in [0.717, 1.165) is 0 Å². The average Bonchev–Trinajstić information content (AvgIpc) is 3.01. The van der Waals surface area contributed by atoms with E-state index in [4.69, 9.17) is 0 Å². The van der Waals surface area contributed by atoms with E-state index in [1.54, 1.807) is 18.6 Å². The first-order valence-electron chi connectivity index (χ1n) is 4.10. The third kappa shape index (κ3) is 1.17. The van der Waals surface area contributed by atoms with E-state index in [1.165, 1.54) is 4.68 Å². The molecule has 0 saturated carbocycles. The second kappa shape index (κ2) is 2.97. The van der Waals surface area contributed by atoms with Gasteiger partial charge in [-0.25, -0.2) is 9.78 Å². The highest BCUT2D eigenvalue weighted by atomic mass is 15.5. The summed E-state index contributed by atoms with van der Waals surface area (Å²) in [6.45, 7) is 0. The first-order valence-corrected chi connectivity index (χ1v) is 4.10. The molecule has 3 aromatic heterocycles. The molecule has 9 heteroatoms. The van der Waals surface area contributed by atoms with Crippen LogP contribution in [0.25, 0.3) is 17.2 Å². The van der Waals surface area contributed by atoms with Gasteiger partial charge in [0, 0.05) is 0 Å². The van der Waals surface area contributed by atoms with Crippen LogP contribution in [-0.2, 0) is 0 Å². The second-order valence-electron chi connectivity index (χ2n) is 2.72. The smallest absolute Gasteiger partial charge is 0.181 e. The molecular formula is C6H5N9. The third-order valence-corrected chi connectivity index (χ3v) is 1.84. The quantitative estimate of drug-likeness (QED) is 0.561. The zero-order chi connectivity index (χ0) is 10.1. The molecule has 0 radical (unpaired) electrons. The van der Waals surface area contributed by atoms with Crippen molar-refractivity contribution in [1.29, 1.82) is 0 Å². The molecule has 74 valence electrons. The fraction of sp³-hybridized carbons (Fsp3) is 0. The fourth-order valence-electron chi connectivity index (χ4n) is 1.20. The summed E-state index contributed by atoms with van der Waals surface area (Å²) in [5.41, 5.74) is 1.16. The minimum atomic E-state index is 0.564. The van der Waals surface area contributed by atoms with Crippen molar-refractivity contribution in [3.8, 4) is 17.2 Å². The Hall–Kier alpha value is -2.58. The Morgan fingerprint density at radius 2 is 2.20 bits per heavy atom. The van der Waals surface area contributed by atoms with Gasteiger partial charge in [-0.05, 0) is 0 Å². The van der Waals surface area contributed by atoms with Gasteiger partial charge in [0.1, 0.15) is 5.69 Å². The number of aromatic amines is 2. The summed E-state index contributed by atoms with van der Waals surface area (Å²) < 4.78 is 1.52. The maximum Gasteiger partial charge on any atom is 0.181 e. The van der Waals surface area contributed by atoms with E-state index in [0.29, 0.717) is 17.2 Å². The van der Waals surface area contributed by atoms with E-state index >= 15 is 0 Å². The van der Waals surface area contributed by atoms with Crippen molar-refractivity contribution in [1.82, 2.24) is 45.8 Å². The van der Waals surface area contributed by atoms with Crippen LogP contribution >= 0.6 is 0 Å². The van der Waals surface area contributed by atoms with Crippen molar-refractivity contribution in [3.63, 3.8) is 0 Å². The lowest BCUT2D eigenvalue weighted by Gasteiger charge is -1.95. The van der Waals surface area contributed by atoms with Crippen molar-refractivity contribution < 1.29 is 0 Å². The summed E-state index contributed by atoms with van der Waals surface area (Å²) in [7, 11) is 0. The average molecular weight is 203 g/mol. The number of nitrogens with zero attached hydrogens (tertiary/aromatic N) is 7. The molecule has 15 heavy (non-hydrogen) atoms.